The van der Waals surface area contributed by atoms with Crippen molar-refractivity contribution in [3.63, 3.8) is 0 Å². The minimum atomic E-state index is -0.305. The molecule has 5 nitrogen and oxygen atoms in total. The van der Waals surface area contributed by atoms with Gasteiger partial charge in [-0.05, 0) is 25.0 Å². The Balaban J connectivity index is 1.85. The number of para-hydroxylation sites is 1. The Kier molecular flexibility index (Phi) is 5.18. The number of rotatable bonds is 5. The molecule has 1 aromatic carbocycles. The first-order valence-corrected chi connectivity index (χ1v) is 7.15. The molecule has 112 valence electrons. The van der Waals surface area contributed by atoms with Crippen LogP contribution in [0.1, 0.15) is 24.8 Å². The van der Waals surface area contributed by atoms with Gasteiger partial charge in [-0.15, -0.1) is 0 Å². The zero-order chi connectivity index (χ0) is 15.2. The van der Waals surface area contributed by atoms with E-state index in [0.29, 0.717) is 17.9 Å². The monoisotopic (exact) mass is 288 g/mol. The number of hydrogen-bond acceptors (Lipinski definition) is 4. The van der Waals surface area contributed by atoms with Crippen LogP contribution in [0.2, 0.25) is 0 Å². The van der Waals surface area contributed by atoms with Gasteiger partial charge in [-0.25, -0.2) is 0 Å². The van der Waals surface area contributed by atoms with Crippen LogP contribution in [0.15, 0.2) is 24.3 Å². The molecule has 1 fully saturated rings. The average Bonchev–Trinajstić information content (AvgIpc) is 2.90. The van der Waals surface area contributed by atoms with E-state index < -0.39 is 0 Å². The maximum absolute atomic E-state index is 12.0. The Morgan fingerprint density at radius 2 is 2.24 bits per heavy atom. The maximum atomic E-state index is 12.0. The van der Waals surface area contributed by atoms with Crippen molar-refractivity contribution in [2.45, 2.75) is 25.4 Å². The van der Waals surface area contributed by atoms with Crippen molar-refractivity contribution in [3.05, 3.63) is 29.8 Å². The lowest BCUT2D eigenvalue weighted by atomic mass is 10.1. The molecule has 0 radical (unpaired) electrons. The van der Waals surface area contributed by atoms with Crippen LogP contribution in [0.4, 0.5) is 0 Å². The summed E-state index contributed by atoms with van der Waals surface area (Å²) in [7, 11) is 1.72. The van der Waals surface area contributed by atoms with Gasteiger partial charge in [0.1, 0.15) is 11.8 Å². The van der Waals surface area contributed by atoms with E-state index in [1.807, 2.05) is 6.07 Å². The third kappa shape index (κ3) is 3.96. The second-order valence-electron chi connectivity index (χ2n) is 5.43. The Morgan fingerprint density at radius 3 is 2.90 bits per heavy atom. The Morgan fingerprint density at radius 1 is 1.48 bits per heavy atom. The van der Waals surface area contributed by atoms with E-state index >= 15 is 0 Å². The highest BCUT2D eigenvalue weighted by Crippen LogP contribution is 2.26. The Labute approximate surface area is 124 Å². The number of carbonyl (C=O) groups excluding carboxylic acids is 1. The van der Waals surface area contributed by atoms with Crippen LogP contribution >= 0.6 is 0 Å². The highest BCUT2D eigenvalue weighted by molar-refractivity contribution is 5.77. The van der Waals surface area contributed by atoms with Gasteiger partial charge in [-0.2, -0.15) is 5.26 Å². The van der Waals surface area contributed by atoms with Gasteiger partial charge in [0.2, 0.25) is 0 Å². The molecule has 1 aliphatic carbocycles. The summed E-state index contributed by atoms with van der Waals surface area (Å²) in [6.07, 6.45) is 2.48. The van der Waals surface area contributed by atoms with E-state index in [-0.39, 0.29) is 24.5 Å². The first-order valence-electron chi connectivity index (χ1n) is 7.15. The molecule has 2 rings (SSSR count). The summed E-state index contributed by atoms with van der Waals surface area (Å²) in [6.45, 7) is 0.446. The fraction of sp³-hybridized carbons (Fsp3) is 0.500. The van der Waals surface area contributed by atoms with Crippen molar-refractivity contribution in [1.29, 1.82) is 5.26 Å². The fourth-order valence-corrected chi connectivity index (χ4v) is 2.62. The average molecular weight is 288 g/mol. The molecule has 2 unspecified atom stereocenters. The molecule has 21 heavy (non-hydrogen) atoms. The molecule has 2 atom stereocenters. The highest BCUT2D eigenvalue weighted by Gasteiger charge is 2.27. The first kappa shape index (κ1) is 15.3. The molecular weight excluding hydrogens is 268 g/mol. The van der Waals surface area contributed by atoms with Crippen molar-refractivity contribution in [3.8, 4) is 11.8 Å². The van der Waals surface area contributed by atoms with Gasteiger partial charge < -0.3 is 14.7 Å². The van der Waals surface area contributed by atoms with E-state index in [2.05, 4.69) is 0 Å². The second-order valence-corrected chi connectivity index (χ2v) is 5.43. The predicted molar refractivity (Wildman–Crippen MR) is 77.6 cm³/mol. The van der Waals surface area contributed by atoms with Crippen LogP contribution in [0.3, 0.4) is 0 Å². The highest BCUT2D eigenvalue weighted by atomic mass is 16.5. The van der Waals surface area contributed by atoms with E-state index in [9.17, 15) is 9.90 Å². The van der Waals surface area contributed by atoms with Crippen molar-refractivity contribution in [2.75, 3.05) is 20.2 Å². The molecule has 0 heterocycles. The normalized spacial score (nSPS) is 20.8. The summed E-state index contributed by atoms with van der Waals surface area (Å²) in [5.74, 6) is 0.426. The number of ether oxygens (including phenoxy) is 1. The SMILES string of the molecule is CN(CC1CCCC1O)C(=O)COc1ccccc1C#N. The van der Waals surface area contributed by atoms with E-state index in [1.54, 1.807) is 36.2 Å². The zero-order valence-corrected chi connectivity index (χ0v) is 12.2. The quantitative estimate of drug-likeness (QED) is 0.892. The van der Waals surface area contributed by atoms with Gasteiger partial charge >= 0.3 is 0 Å². The van der Waals surface area contributed by atoms with Gasteiger partial charge in [0.05, 0.1) is 11.7 Å². The summed E-state index contributed by atoms with van der Waals surface area (Å²) in [6, 6.07) is 8.87. The number of aliphatic hydroxyl groups is 1. The van der Waals surface area contributed by atoms with Crippen molar-refractivity contribution >= 4 is 5.91 Å². The standard InChI is InChI=1S/C16H20N2O3/c1-18(10-13-6-4-7-14(13)19)16(20)11-21-15-8-3-2-5-12(15)9-17/h2-3,5,8,13-14,19H,4,6-7,10-11H2,1H3. The summed E-state index contributed by atoms with van der Waals surface area (Å²) in [5, 5.41) is 18.7. The molecule has 0 saturated heterocycles. The van der Waals surface area contributed by atoms with E-state index in [4.69, 9.17) is 10.00 Å². The Hall–Kier alpha value is -2.06. The minimum Gasteiger partial charge on any atom is -0.482 e. The molecule has 1 aromatic rings. The predicted octanol–water partition coefficient (Wildman–Crippen LogP) is 1.56. The minimum absolute atomic E-state index is 0.0992. The number of likely N-dealkylation sites (N-methyl/N-ethyl adjacent to an activating group) is 1. The van der Waals surface area contributed by atoms with Crippen LogP contribution in [0.5, 0.6) is 5.75 Å². The summed E-state index contributed by atoms with van der Waals surface area (Å²) >= 11 is 0. The molecule has 0 aromatic heterocycles. The van der Waals surface area contributed by atoms with Crippen LogP contribution in [-0.4, -0.2) is 42.2 Å². The number of benzene rings is 1. The number of nitrogens with zero attached hydrogens (tertiary/aromatic N) is 2. The smallest absolute Gasteiger partial charge is 0.260 e. The molecule has 5 heteroatoms. The number of amides is 1. The molecule has 0 bridgehead atoms. The second kappa shape index (κ2) is 7.09. The van der Waals surface area contributed by atoms with Crippen molar-refractivity contribution < 1.29 is 14.6 Å². The Bertz CT molecular complexity index is 539. The largest absolute Gasteiger partial charge is 0.482 e. The van der Waals surface area contributed by atoms with E-state index in [0.717, 1.165) is 19.3 Å². The fourth-order valence-electron chi connectivity index (χ4n) is 2.62. The summed E-state index contributed by atoms with van der Waals surface area (Å²) < 4.78 is 5.43. The molecule has 1 N–H and O–H groups in total. The maximum Gasteiger partial charge on any atom is 0.260 e. The summed E-state index contributed by atoms with van der Waals surface area (Å²) in [4.78, 5) is 13.6. The number of hydrogen-bond donors (Lipinski definition) is 1. The van der Waals surface area contributed by atoms with Crippen LogP contribution in [-0.2, 0) is 4.79 Å². The van der Waals surface area contributed by atoms with Crippen LogP contribution in [0, 0.1) is 17.2 Å². The van der Waals surface area contributed by atoms with Gasteiger partial charge in [0.15, 0.2) is 6.61 Å². The molecule has 0 spiro atoms. The van der Waals surface area contributed by atoms with Gasteiger partial charge in [-0.1, -0.05) is 18.6 Å². The van der Waals surface area contributed by atoms with Gasteiger partial charge in [0.25, 0.3) is 5.91 Å². The van der Waals surface area contributed by atoms with Gasteiger partial charge in [-0.3, -0.25) is 4.79 Å². The lowest BCUT2D eigenvalue weighted by Crippen LogP contribution is -2.37. The van der Waals surface area contributed by atoms with E-state index in [1.165, 1.54) is 0 Å². The van der Waals surface area contributed by atoms with Crippen LogP contribution in [0.25, 0.3) is 0 Å². The first-order chi connectivity index (χ1) is 10.1. The lowest BCUT2D eigenvalue weighted by molar-refractivity contribution is -0.132. The molecule has 1 aliphatic rings. The molecule has 0 aliphatic heterocycles. The lowest BCUT2D eigenvalue weighted by Gasteiger charge is -2.23. The third-order valence-corrected chi connectivity index (χ3v) is 3.91. The summed E-state index contributed by atoms with van der Waals surface area (Å²) in [5.41, 5.74) is 0.416. The molecule has 1 saturated carbocycles. The third-order valence-electron chi connectivity index (χ3n) is 3.91. The molecular formula is C16H20N2O3. The molecule has 1 amide bonds. The van der Waals surface area contributed by atoms with Crippen molar-refractivity contribution in [2.24, 2.45) is 5.92 Å². The number of aliphatic hydroxyl groups excluding tert-OH is 1. The topological polar surface area (TPSA) is 73.6 Å². The van der Waals surface area contributed by atoms with Gasteiger partial charge in [0, 0.05) is 19.5 Å². The number of nitriles is 1. The van der Waals surface area contributed by atoms with Crippen molar-refractivity contribution in [1.82, 2.24) is 4.90 Å². The van der Waals surface area contributed by atoms with Crippen LogP contribution < -0.4 is 4.74 Å². The zero-order valence-electron chi connectivity index (χ0n) is 12.2. The number of carbonyl (C=O) groups is 1.